The van der Waals surface area contributed by atoms with Gasteiger partial charge in [-0.3, -0.25) is 0 Å². The van der Waals surface area contributed by atoms with Crippen molar-refractivity contribution in [1.82, 2.24) is 5.32 Å². The Morgan fingerprint density at radius 2 is 2.31 bits per heavy atom. The summed E-state index contributed by atoms with van der Waals surface area (Å²) in [7, 11) is 0. The second-order valence-electron chi connectivity index (χ2n) is 4.28. The molecule has 0 amide bonds. The van der Waals surface area contributed by atoms with Crippen molar-refractivity contribution >= 4 is 15.9 Å². The first kappa shape index (κ1) is 10.4. The third-order valence-electron chi connectivity index (χ3n) is 3.31. The molecule has 0 saturated carbocycles. The van der Waals surface area contributed by atoms with Crippen LogP contribution in [-0.2, 0) is 0 Å². The molecule has 4 heteroatoms. The summed E-state index contributed by atoms with van der Waals surface area (Å²) in [5, 5.41) is 3.51. The maximum Gasteiger partial charge on any atom is 0.231 e. The van der Waals surface area contributed by atoms with Gasteiger partial charge in [0.1, 0.15) is 0 Å². The van der Waals surface area contributed by atoms with Crippen LogP contribution in [0.2, 0.25) is 0 Å². The number of halogens is 1. The zero-order chi connectivity index (χ0) is 11.1. The van der Waals surface area contributed by atoms with E-state index in [0.29, 0.717) is 12.8 Å². The molecule has 1 aromatic rings. The van der Waals surface area contributed by atoms with Crippen molar-refractivity contribution in [3.05, 3.63) is 21.7 Å². The van der Waals surface area contributed by atoms with Crippen LogP contribution in [-0.4, -0.2) is 13.3 Å². The van der Waals surface area contributed by atoms with Crippen LogP contribution in [0.4, 0.5) is 0 Å². The number of benzene rings is 1. The molecule has 1 aromatic carbocycles. The maximum absolute atomic E-state index is 5.59. The normalized spacial score (nSPS) is 22.8. The van der Waals surface area contributed by atoms with Gasteiger partial charge in [-0.25, -0.2) is 0 Å². The molecule has 3 nitrogen and oxygen atoms in total. The first-order valence-corrected chi connectivity index (χ1v) is 6.38. The first-order chi connectivity index (χ1) is 7.77. The molecule has 1 fully saturated rings. The topological polar surface area (TPSA) is 30.5 Å². The molecular weight excluding hydrogens is 270 g/mol. The van der Waals surface area contributed by atoms with Gasteiger partial charge in [-0.05, 0) is 37.9 Å². The van der Waals surface area contributed by atoms with E-state index in [2.05, 4.69) is 28.2 Å². The summed E-state index contributed by atoms with van der Waals surface area (Å²) in [5.41, 5.74) is 2.52. The number of rotatable bonds is 1. The molecule has 2 aliphatic heterocycles. The molecule has 0 aliphatic carbocycles. The van der Waals surface area contributed by atoms with Crippen LogP contribution >= 0.6 is 15.9 Å². The Morgan fingerprint density at radius 3 is 3.06 bits per heavy atom. The number of ether oxygens (including phenoxy) is 2. The molecule has 1 saturated heterocycles. The average Bonchev–Trinajstić information content (AvgIpc) is 2.89. The highest BCUT2D eigenvalue weighted by Gasteiger charge is 2.28. The summed E-state index contributed by atoms with van der Waals surface area (Å²) in [6, 6.07) is 2.41. The van der Waals surface area contributed by atoms with Gasteiger partial charge in [-0.15, -0.1) is 0 Å². The zero-order valence-electron chi connectivity index (χ0n) is 9.18. The van der Waals surface area contributed by atoms with Crippen molar-refractivity contribution in [2.75, 3.05) is 13.3 Å². The lowest BCUT2D eigenvalue weighted by Crippen LogP contribution is -2.15. The maximum atomic E-state index is 5.59. The smallest absolute Gasteiger partial charge is 0.231 e. The molecule has 0 aromatic heterocycles. The third-order valence-corrected chi connectivity index (χ3v) is 4.14. The highest BCUT2D eigenvalue weighted by molar-refractivity contribution is 9.10. The molecule has 2 heterocycles. The highest BCUT2D eigenvalue weighted by atomic mass is 79.9. The van der Waals surface area contributed by atoms with Crippen LogP contribution in [0.25, 0.3) is 0 Å². The Morgan fingerprint density at radius 1 is 1.44 bits per heavy atom. The van der Waals surface area contributed by atoms with E-state index < -0.39 is 0 Å². The molecule has 1 atom stereocenters. The van der Waals surface area contributed by atoms with Gasteiger partial charge in [0, 0.05) is 16.1 Å². The van der Waals surface area contributed by atoms with Crippen LogP contribution in [0.5, 0.6) is 11.5 Å². The molecule has 0 bridgehead atoms. The van der Waals surface area contributed by atoms with Gasteiger partial charge in [0.25, 0.3) is 0 Å². The standard InChI is InChI=1S/C12H14BrNO2/c1-7-8(13)5-10-12(16-6-15-10)11(7)9-3-2-4-14-9/h5,9,14H,2-4,6H2,1H3. The molecule has 16 heavy (non-hydrogen) atoms. The monoisotopic (exact) mass is 283 g/mol. The van der Waals surface area contributed by atoms with Crippen molar-refractivity contribution in [3.8, 4) is 11.5 Å². The summed E-state index contributed by atoms with van der Waals surface area (Å²) in [4.78, 5) is 0. The summed E-state index contributed by atoms with van der Waals surface area (Å²) in [6.07, 6.45) is 2.40. The lowest BCUT2D eigenvalue weighted by Gasteiger charge is -2.17. The van der Waals surface area contributed by atoms with Crippen LogP contribution in [0.3, 0.4) is 0 Å². The highest BCUT2D eigenvalue weighted by Crippen LogP contribution is 2.45. The van der Waals surface area contributed by atoms with E-state index in [1.807, 2.05) is 6.07 Å². The van der Waals surface area contributed by atoms with E-state index in [9.17, 15) is 0 Å². The fourth-order valence-electron chi connectivity index (χ4n) is 2.48. The lowest BCUT2D eigenvalue weighted by atomic mass is 9.98. The Labute approximate surface area is 103 Å². The van der Waals surface area contributed by atoms with Gasteiger partial charge in [0.2, 0.25) is 6.79 Å². The van der Waals surface area contributed by atoms with Gasteiger partial charge in [-0.1, -0.05) is 15.9 Å². The molecule has 86 valence electrons. The van der Waals surface area contributed by atoms with E-state index in [0.717, 1.165) is 22.5 Å². The lowest BCUT2D eigenvalue weighted by molar-refractivity contribution is 0.172. The Balaban J connectivity index is 2.14. The van der Waals surface area contributed by atoms with Crippen molar-refractivity contribution in [2.45, 2.75) is 25.8 Å². The minimum absolute atomic E-state index is 0.338. The Hall–Kier alpha value is -0.740. The van der Waals surface area contributed by atoms with Crippen molar-refractivity contribution in [2.24, 2.45) is 0 Å². The molecule has 3 rings (SSSR count). The van der Waals surface area contributed by atoms with E-state index in [4.69, 9.17) is 9.47 Å². The third kappa shape index (κ3) is 1.52. The van der Waals surface area contributed by atoms with E-state index >= 15 is 0 Å². The summed E-state index contributed by atoms with van der Waals surface area (Å²) < 4.78 is 12.1. The van der Waals surface area contributed by atoms with Crippen LogP contribution in [0.1, 0.15) is 30.0 Å². The number of nitrogens with one attached hydrogen (secondary N) is 1. The van der Waals surface area contributed by atoms with Gasteiger partial charge in [-0.2, -0.15) is 0 Å². The summed E-state index contributed by atoms with van der Waals surface area (Å²) in [6.45, 7) is 3.55. The second kappa shape index (κ2) is 3.93. The first-order valence-electron chi connectivity index (χ1n) is 5.59. The van der Waals surface area contributed by atoms with E-state index in [-0.39, 0.29) is 0 Å². The van der Waals surface area contributed by atoms with E-state index in [1.165, 1.54) is 24.0 Å². The summed E-state index contributed by atoms with van der Waals surface area (Å²) >= 11 is 3.58. The fraction of sp³-hybridized carbons (Fsp3) is 0.500. The van der Waals surface area contributed by atoms with E-state index in [1.54, 1.807) is 0 Å². The summed E-state index contributed by atoms with van der Waals surface area (Å²) in [5.74, 6) is 1.79. The average molecular weight is 284 g/mol. The molecule has 0 radical (unpaired) electrons. The van der Waals surface area contributed by atoms with Crippen LogP contribution in [0, 0.1) is 6.92 Å². The van der Waals surface area contributed by atoms with Crippen LogP contribution in [0.15, 0.2) is 10.5 Å². The largest absolute Gasteiger partial charge is 0.454 e. The van der Waals surface area contributed by atoms with Gasteiger partial charge >= 0.3 is 0 Å². The number of fused-ring (bicyclic) bond motifs is 1. The number of hydrogen-bond donors (Lipinski definition) is 1. The Bertz CT molecular complexity index is 428. The fourth-order valence-corrected chi connectivity index (χ4v) is 2.90. The predicted octanol–water partition coefficient (Wildman–Crippen LogP) is 2.91. The van der Waals surface area contributed by atoms with Gasteiger partial charge in [0.05, 0.1) is 0 Å². The molecule has 1 unspecified atom stereocenters. The van der Waals surface area contributed by atoms with Crippen LogP contribution < -0.4 is 14.8 Å². The minimum Gasteiger partial charge on any atom is -0.454 e. The molecule has 1 N–H and O–H groups in total. The SMILES string of the molecule is Cc1c(Br)cc2c(c1C1CCCN1)OCO2. The van der Waals surface area contributed by atoms with Gasteiger partial charge in [0.15, 0.2) is 11.5 Å². The molecular formula is C12H14BrNO2. The predicted molar refractivity (Wildman–Crippen MR) is 65.0 cm³/mol. The van der Waals surface area contributed by atoms with Crippen molar-refractivity contribution in [1.29, 1.82) is 0 Å². The molecule has 2 aliphatic rings. The zero-order valence-corrected chi connectivity index (χ0v) is 10.8. The Kier molecular flexibility index (Phi) is 2.56. The van der Waals surface area contributed by atoms with Gasteiger partial charge < -0.3 is 14.8 Å². The molecule has 0 spiro atoms. The number of hydrogen-bond acceptors (Lipinski definition) is 3. The second-order valence-corrected chi connectivity index (χ2v) is 5.13. The quantitative estimate of drug-likeness (QED) is 0.860. The van der Waals surface area contributed by atoms with Crippen molar-refractivity contribution < 1.29 is 9.47 Å². The van der Waals surface area contributed by atoms with Crippen molar-refractivity contribution in [3.63, 3.8) is 0 Å². The minimum atomic E-state index is 0.338.